The Bertz CT molecular complexity index is 3710. The van der Waals surface area contributed by atoms with Crippen molar-refractivity contribution in [2.24, 2.45) is 0 Å². The first-order chi connectivity index (χ1) is 29.3. The summed E-state index contributed by atoms with van der Waals surface area (Å²) in [6.45, 7) is 0. The van der Waals surface area contributed by atoms with E-state index in [0.717, 1.165) is 11.4 Å². The zero-order valence-corrected chi connectivity index (χ0v) is 32.6. The van der Waals surface area contributed by atoms with E-state index in [0.29, 0.717) is 0 Å². The number of fused-ring (bicyclic) bond motifs is 18. The van der Waals surface area contributed by atoms with Crippen molar-refractivity contribution in [2.75, 3.05) is 0 Å². The number of para-hydroxylation sites is 6. The summed E-state index contributed by atoms with van der Waals surface area (Å²) in [5, 5.41) is 7.70. The van der Waals surface area contributed by atoms with Crippen molar-refractivity contribution in [3.05, 3.63) is 222 Å². The topological polar surface area (TPSA) is 14.8 Å². The molecule has 0 saturated carbocycles. The minimum atomic E-state index is -0.529. The third-order valence-electron chi connectivity index (χ3n) is 13.3. The van der Waals surface area contributed by atoms with E-state index in [4.69, 9.17) is 0 Å². The second-order valence-electron chi connectivity index (χ2n) is 16.0. The molecule has 1 unspecified atom stereocenters. The van der Waals surface area contributed by atoms with Crippen molar-refractivity contribution < 1.29 is 0 Å². The molecule has 59 heavy (non-hydrogen) atoms. The van der Waals surface area contributed by atoms with Gasteiger partial charge in [0.2, 0.25) is 0 Å². The van der Waals surface area contributed by atoms with E-state index < -0.39 is 5.41 Å². The number of rotatable bonds is 2. The largest absolute Gasteiger partial charge is 0.309 e. The molecule has 0 saturated heterocycles. The standard InChI is InChI=1S/C55H33N3S/c1-7-22-45-36(14-1)37-15-2-8-23-46(37)56(45)34-28-30-35(31-29-34)57-48-25-10-4-17-40(48)52-50(57)33-32-44-54(52)59-51-27-12-6-20-42(51)55(44)41-19-5-11-26-49(41)58-47-24-9-3-16-38(47)39-18-13-21-43(55)53(39)58/h1-33H. The second kappa shape index (κ2) is 11.4. The van der Waals surface area contributed by atoms with Crippen LogP contribution in [0.4, 0.5) is 0 Å². The fourth-order valence-electron chi connectivity index (χ4n) is 11.1. The van der Waals surface area contributed by atoms with Gasteiger partial charge in [-0.1, -0.05) is 145 Å². The molecule has 12 aromatic rings. The Morgan fingerprint density at radius 3 is 1.51 bits per heavy atom. The van der Waals surface area contributed by atoms with Gasteiger partial charge in [0, 0.05) is 53.5 Å². The predicted octanol–water partition coefficient (Wildman–Crippen LogP) is 14.1. The summed E-state index contributed by atoms with van der Waals surface area (Å²) in [6, 6.07) is 74.7. The van der Waals surface area contributed by atoms with E-state index in [9.17, 15) is 0 Å². The van der Waals surface area contributed by atoms with Crippen molar-refractivity contribution in [2.45, 2.75) is 15.2 Å². The fourth-order valence-corrected chi connectivity index (χ4v) is 12.4. The Morgan fingerprint density at radius 2 is 0.814 bits per heavy atom. The minimum Gasteiger partial charge on any atom is -0.309 e. The second-order valence-corrected chi connectivity index (χ2v) is 17.0. The Kier molecular flexibility index (Phi) is 6.16. The van der Waals surface area contributed by atoms with Gasteiger partial charge in [0.25, 0.3) is 0 Å². The molecular weight excluding hydrogens is 735 g/mol. The number of hydrogen-bond donors (Lipinski definition) is 0. The van der Waals surface area contributed by atoms with Gasteiger partial charge in [-0.25, -0.2) is 0 Å². The third kappa shape index (κ3) is 3.90. The number of aromatic nitrogens is 3. The average molecular weight is 768 g/mol. The first-order valence-corrected chi connectivity index (χ1v) is 21.2. The van der Waals surface area contributed by atoms with Crippen LogP contribution in [0, 0.1) is 0 Å². The number of hydrogen-bond acceptors (Lipinski definition) is 1. The molecule has 274 valence electrons. The highest BCUT2D eigenvalue weighted by atomic mass is 32.2. The van der Waals surface area contributed by atoms with Gasteiger partial charge in [-0.15, -0.1) is 0 Å². The molecule has 0 bridgehead atoms. The number of nitrogens with zero attached hydrogens (tertiary/aromatic N) is 3. The molecule has 0 aliphatic carbocycles. The van der Waals surface area contributed by atoms with Crippen molar-refractivity contribution >= 4 is 77.2 Å². The molecule has 2 aliphatic rings. The van der Waals surface area contributed by atoms with Crippen LogP contribution in [-0.4, -0.2) is 13.7 Å². The minimum absolute atomic E-state index is 0.529. The van der Waals surface area contributed by atoms with Crippen LogP contribution in [0.1, 0.15) is 22.3 Å². The lowest BCUT2D eigenvalue weighted by atomic mass is 9.62. The monoisotopic (exact) mass is 767 g/mol. The van der Waals surface area contributed by atoms with Crippen LogP contribution < -0.4 is 0 Å². The van der Waals surface area contributed by atoms with Gasteiger partial charge in [-0.2, -0.15) is 0 Å². The lowest BCUT2D eigenvalue weighted by Crippen LogP contribution is -2.37. The van der Waals surface area contributed by atoms with E-state index in [2.05, 4.69) is 214 Å². The van der Waals surface area contributed by atoms with Gasteiger partial charge in [-0.05, 0) is 89.0 Å². The Hall–Kier alpha value is -7.27. The molecule has 5 heterocycles. The summed E-state index contributed by atoms with van der Waals surface area (Å²) in [5.74, 6) is 0. The first kappa shape index (κ1) is 31.8. The Morgan fingerprint density at radius 1 is 0.322 bits per heavy atom. The van der Waals surface area contributed by atoms with Gasteiger partial charge in [0.15, 0.2) is 0 Å². The Balaban J connectivity index is 1.05. The van der Waals surface area contributed by atoms with Gasteiger partial charge < -0.3 is 13.7 Å². The molecule has 9 aromatic carbocycles. The smallest absolute Gasteiger partial charge is 0.0764 e. The van der Waals surface area contributed by atoms with E-state index in [-0.39, 0.29) is 0 Å². The van der Waals surface area contributed by atoms with E-state index in [1.54, 1.807) is 0 Å². The maximum Gasteiger partial charge on any atom is 0.0764 e. The van der Waals surface area contributed by atoms with Gasteiger partial charge in [-0.3, -0.25) is 0 Å². The van der Waals surface area contributed by atoms with E-state index >= 15 is 0 Å². The lowest BCUT2D eigenvalue weighted by molar-refractivity contribution is 0.692. The highest BCUT2D eigenvalue weighted by Gasteiger charge is 2.50. The summed E-state index contributed by atoms with van der Waals surface area (Å²) in [6.07, 6.45) is 0. The Labute approximate surface area is 344 Å². The van der Waals surface area contributed by atoms with Crippen molar-refractivity contribution in [1.29, 1.82) is 0 Å². The van der Waals surface area contributed by atoms with Crippen LogP contribution in [0.3, 0.4) is 0 Å². The molecule has 0 fully saturated rings. The summed E-state index contributed by atoms with van der Waals surface area (Å²) in [7, 11) is 0. The highest BCUT2D eigenvalue weighted by Crippen LogP contribution is 2.62. The molecule has 0 N–H and O–H groups in total. The van der Waals surface area contributed by atoms with Crippen molar-refractivity contribution in [3.63, 3.8) is 0 Å². The molecule has 1 atom stereocenters. The third-order valence-corrected chi connectivity index (χ3v) is 14.5. The fraction of sp³-hybridized carbons (Fsp3) is 0.0182. The molecule has 3 nitrogen and oxygen atoms in total. The molecule has 1 spiro atoms. The van der Waals surface area contributed by atoms with Crippen LogP contribution in [0.2, 0.25) is 0 Å². The normalized spacial score (nSPS) is 15.5. The zero-order chi connectivity index (χ0) is 38.4. The zero-order valence-electron chi connectivity index (χ0n) is 31.8. The molecule has 3 aromatic heterocycles. The van der Waals surface area contributed by atoms with Crippen molar-refractivity contribution in [1.82, 2.24) is 13.7 Å². The van der Waals surface area contributed by atoms with Gasteiger partial charge >= 0.3 is 0 Å². The molecule has 4 heteroatoms. The summed E-state index contributed by atoms with van der Waals surface area (Å²) in [4.78, 5) is 2.63. The van der Waals surface area contributed by atoms with Crippen LogP contribution in [0.5, 0.6) is 0 Å². The van der Waals surface area contributed by atoms with Gasteiger partial charge in [0.1, 0.15) is 0 Å². The van der Waals surface area contributed by atoms with Crippen LogP contribution in [0.25, 0.3) is 82.5 Å². The van der Waals surface area contributed by atoms with Gasteiger partial charge in [0.05, 0.1) is 44.2 Å². The molecule has 0 radical (unpaired) electrons. The average Bonchev–Trinajstić information content (AvgIpc) is 3.95. The highest BCUT2D eigenvalue weighted by molar-refractivity contribution is 7.99. The summed E-state index contributed by atoms with van der Waals surface area (Å²) in [5.41, 5.74) is 15.8. The molecule has 0 amide bonds. The lowest BCUT2D eigenvalue weighted by Gasteiger charge is -2.45. The van der Waals surface area contributed by atoms with Crippen molar-refractivity contribution in [3.8, 4) is 17.1 Å². The first-order valence-electron chi connectivity index (χ1n) is 20.4. The summed E-state index contributed by atoms with van der Waals surface area (Å²) >= 11 is 1.93. The van der Waals surface area contributed by atoms with E-state index in [1.807, 2.05) is 11.8 Å². The quantitative estimate of drug-likeness (QED) is 0.171. The molecule has 14 rings (SSSR count). The SMILES string of the molecule is c1ccc2c(c1)Sc1c(ccc3c1c1ccccc1n3-c1ccc(-n3c4ccccc4c4ccccc43)cc1)C21c2ccccc2-n2c3ccccc3c3cccc1c32. The summed E-state index contributed by atoms with van der Waals surface area (Å²) < 4.78 is 7.39. The van der Waals surface area contributed by atoms with Crippen LogP contribution >= 0.6 is 11.8 Å². The predicted molar refractivity (Wildman–Crippen MR) is 245 cm³/mol. The molecule has 2 aliphatic heterocycles. The maximum absolute atomic E-state index is 2.53. The number of benzene rings is 9. The maximum atomic E-state index is 2.53. The molecular formula is C55H33N3S. The van der Waals surface area contributed by atoms with Crippen LogP contribution in [-0.2, 0) is 5.41 Å². The van der Waals surface area contributed by atoms with E-state index in [1.165, 1.54) is 103 Å². The van der Waals surface area contributed by atoms with Crippen LogP contribution in [0.15, 0.2) is 210 Å².